The van der Waals surface area contributed by atoms with E-state index in [1.807, 2.05) is 45.0 Å². The van der Waals surface area contributed by atoms with Crippen molar-refractivity contribution in [2.45, 2.75) is 27.3 Å². The molecule has 0 fully saturated rings. The molecule has 1 aromatic heterocycles. The predicted octanol–water partition coefficient (Wildman–Crippen LogP) is 5.37. The van der Waals surface area contributed by atoms with Gasteiger partial charge in [-0.1, -0.05) is 41.4 Å². The minimum Gasteiger partial charge on any atom is -0.434 e. The van der Waals surface area contributed by atoms with Gasteiger partial charge >= 0.3 is 11.6 Å². The van der Waals surface area contributed by atoms with Crippen LogP contribution >= 0.6 is 11.6 Å². The topological polar surface area (TPSA) is 90.2 Å². The van der Waals surface area contributed by atoms with Crippen molar-refractivity contribution in [3.05, 3.63) is 80.1 Å². The van der Waals surface area contributed by atoms with E-state index in [-0.39, 0.29) is 17.4 Å². The third-order valence-electron chi connectivity index (χ3n) is 4.18. The second kappa shape index (κ2) is 8.22. The number of nitrogens with one attached hydrogen (secondary N) is 1. The number of benzene rings is 2. The van der Waals surface area contributed by atoms with Crippen LogP contribution < -0.4 is 10.1 Å². The summed E-state index contributed by atoms with van der Waals surface area (Å²) in [6, 6.07) is 11.3. The summed E-state index contributed by atoms with van der Waals surface area (Å²) in [5, 5.41) is 15.3. The van der Waals surface area contributed by atoms with Crippen molar-refractivity contribution in [1.82, 2.24) is 9.97 Å². The molecule has 0 amide bonds. The molecular weight excluding hydrogens is 380 g/mol. The number of anilines is 1. The van der Waals surface area contributed by atoms with Gasteiger partial charge in [0.05, 0.1) is 4.92 Å². The first-order chi connectivity index (χ1) is 13.3. The molecule has 2 aromatic carbocycles. The zero-order chi connectivity index (χ0) is 20.3. The summed E-state index contributed by atoms with van der Waals surface area (Å²) in [4.78, 5) is 19.1. The van der Waals surface area contributed by atoms with Crippen molar-refractivity contribution in [1.29, 1.82) is 0 Å². The lowest BCUT2D eigenvalue weighted by Gasteiger charge is -2.11. The van der Waals surface area contributed by atoms with E-state index in [9.17, 15) is 10.1 Å². The molecule has 7 nitrogen and oxygen atoms in total. The molecule has 0 aliphatic carbocycles. The second-order valence-electron chi connectivity index (χ2n) is 6.45. The van der Waals surface area contributed by atoms with E-state index < -0.39 is 4.92 Å². The number of nitro groups is 1. The first-order valence-corrected chi connectivity index (χ1v) is 8.96. The lowest BCUT2D eigenvalue weighted by atomic mass is 10.1. The molecule has 0 unspecified atom stereocenters. The molecule has 0 radical (unpaired) electrons. The molecule has 0 bridgehead atoms. The van der Waals surface area contributed by atoms with Gasteiger partial charge in [-0.05, 0) is 49.6 Å². The summed E-state index contributed by atoms with van der Waals surface area (Å²) in [6.07, 6.45) is 1.23. The Kier molecular flexibility index (Phi) is 5.75. The molecule has 1 N–H and O–H groups in total. The first-order valence-electron chi connectivity index (χ1n) is 8.58. The van der Waals surface area contributed by atoms with Crippen molar-refractivity contribution in [3.63, 3.8) is 0 Å². The van der Waals surface area contributed by atoms with Crippen molar-refractivity contribution < 1.29 is 9.66 Å². The molecule has 3 aromatic rings. The maximum atomic E-state index is 11.7. The molecular formula is C20H19ClN4O3. The number of aromatic nitrogens is 2. The van der Waals surface area contributed by atoms with Crippen LogP contribution in [0.5, 0.6) is 11.6 Å². The van der Waals surface area contributed by atoms with Crippen molar-refractivity contribution in [2.75, 3.05) is 5.32 Å². The van der Waals surface area contributed by atoms with E-state index in [1.54, 1.807) is 12.1 Å². The standard InChI is InChI=1S/C20H19ClN4O3/c1-12-4-6-15(7-5-12)10-22-19-18(25(26)27)20(24-11-23-19)28-16-8-13(2)17(21)14(3)9-16/h4-9,11H,10H2,1-3H3,(H,22,23,24). The molecule has 144 valence electrons. The van der Waals surface area contributed by atoms with Crippen LogP contribution in [0.3, 0.4) is 0 Å². The summed E-state index contributed by atoms with van der Waals surface area (Å²) in [7, 11) is 0. The van der Waals surface area contributed by atoms with E-state index in [1.165, 1.54) is 6.33 Å². The van der Waals surface area contributed by atoms with E-state index in [4.69, 9.17) is 16.3 Å². The zero-order valence-electron chi connectivity index (χ0n) is 15.7. The third-order valence-corrected chi connectivity index (χ3v) is 4.77. The fourth-order valence-corrected chi connectivity index (χ4v) is 2.81. The highest BCUT2D eigenvalue weighted by atomic mass is 35.5. The van der Waals surface area contributed by atoms with Crippen molar-refractivity contribution >= 4 is 23.1 Å². The van der Waals surface area contributed by atoms with Crippen LogP contribution in [0.2, 0.25) is 5.02 Å². The minimum atomic E-state index is -0.553. The SMILES string of the molecule is Cc1ccc(CNc2ncnc(Oc3cc(C)c(Cl)c(C)c3)c2[N+](=O)[O-])cc1. The van der Waals surface area contributed by atoms with Gasteiger partial charge in [0.15, 0.2) is 0 Å². The molecule has 0 saturated heterocycles. The van der Waals surface area contributed by atoms with Crippen LogP contribution in [0.15, 0.2) is 42.7 Å². The Morgan fingerprint density at radius 3 is 2.36 bits per heavy atom. The van der Waals surface area contributed by atoms with Gasteiger partial charge < -0.3 is 10.1 Å². The molecule has 0 saturated carbocycles. The zero-order valence-corrected chi connectivity index (χ0v) is 16.4. The molecule has 8 heteroatoms. The Labute approximate surface area is 167 Å². The van der Waals surface area contributed by atoms with Gasteiger partial charge in [-0.15, -0.1) is 0 Å². The van der Waals surface area contributed by atoms with E-state index >= 15 is 0 Å². The van der Waals surface area contributed by atoms with Gasteiger partial charge in [0.1, 0.15) is 12.1 Å². The molecule has 0 atom stereocenters. The normalized spacial score (nSPS) is 10.6. The maximum Gasteiger partial charge on any atom is 0.373 e. The number of hydrogen-bond acceptors (Lipinski definition) is 6. The van der Waals surface area contributed by atoms with E-state index in [2.05, 4.69) is 15.3 Å². The maximum absolute atomic E-state index is 11.7. The average molecular weight is 399 g/mol. The summed E-state index contributed by atoms with van der Waals surface area (Å²) < 4.78 is 5.70. The Morgan fingerprint density at radius 1 is 1.11 bits per heavy atom. The number of halogens is 1. The quantitative estimate of drug-likeness (QED) is 0.443. The number of hydrogen-bond donors (Lipinski definition) is 1. The fourth-order valence-electron chi connectivity index (χ4n) is 2.70. The minimum absolute atomic E-state index is 0.0954. The summed E-state index contributed by atoms with van der Waals surface area (Å²) in [5.41, 5.74) is 3.42. The van der Waals surface area contributed by atoms with E-state index in [0.717, 1.165) is 22.3 Å². The van der Waals surface area contributed by atoms with Crippen LogP contribution in [-0.2, 0) is 6.54 Å². The van der Waals surface area contributed by atoms with Gasteiger partial charge in [-0.25, -0.2) is 4.98 Å². The Balaban J connectivity index is 1.89. The number of ether oxygens (including phenoxy) is 1. The number of aryl methyl sites for hydroxylation is 3. The molecule has 1 heterocycles. The van der Waals surface area contributed by atoms with E-state index in [0.29, 0.717) is 17.3 Å². The van der Waals surface area contributed by atoms with Crippen LogP contribution in [0.4, 0.5) is 11.5 Å². The monoisotopic (exact) mass is 398 g/mol. The number of nitrogens with zero attached hydrogens (tertiary/aromatic N) is 3. The summed E-state index contributed by atoms with van der Waals surface area (Å²) in [6.45, 7) is 6.06. The smallest absolute Gasteiger partial charge is 0.373 e. The second-order valence-corrected chi connectivity index (χ2v) is 6.82. The van der Waals surface area contributed by atoms with Gasteiger partial charge in [0.2, 0.25) is 5.82 Å². The van der Waals surface area contributed by atoms with Crippen LogP contribution in [0.1, 0.15) is 22.3 Å². The summed E-state index contributed by atoms with van der Waals surface area (Å²) in [5.74, 6) is 0.385. The fraction of sp³-hybridized carbons (Fsp3) is 0.200. The highest BCUT2D eigenvalue weighted by Gasteiger charge is 2.25. The molecule has 3 rings (SSSR count). The predicted molar refractivity (Wildman–Crippen MR) is 108 cm³/mol. The van der Waals surface area contributed by atoms with Crippen LogP contribution in [0, 0.1) is 30.9 Å². The largest absolute Gasteiger partial charge is 0.434 e. The van der Waals surface area contributed by atoms with Gasteiger partial charge in [0, 0.05) is 11.6 Å². The Hall–Kier alpha value is -3.19. The van der Waals surface area contributed by atoms with Crippen molar-refractivity contribution in [2.24, 2.45) is 0 Å². The Bertz CT molecular complexity index is 999. The van der Waals surface area contributed by atoms with Gasteiger partial charge in [-0.2, -0.15) is 4.98 Å². The molecule has 0 spiro atoms. The molecule has 0 aliphatic rings. The van der Waals surface area contributed by atoms with Crippen molar-refractivity contribution in [3.8, 4) is 11.6 Å². The number of rotatable bonds is 6. The summed E-state index contributed by atoms with van der Waals surface area (Å²) >= 11 is 6.17. The van der Waals surface area contributed by atoms with Gasteiger partial charge in [-0.3, -0.25) is 10.1 Å². The average Bonchev–Trinajstić information content (AvgIpc) is 2.65. The highest BCUT2D eigenvalue weighted by molar-refractivity contribution is 6.32. The van der Waals surface area contributed by atoms with Gasteiger partial charge in [0.25, 0.3) is 0 Å². The highest BCUT2D eigenvalue weighted by Crippen LogP contribution is 2.36. The first kappa shape index (κ1) is 19.6. The van der Waals surface area contributed by atoms with Crippen LogP contribution in [-0.4, -0.2) is 14.9 Å². The third kappa shape index (κ3) is 4.37. The van der Waals surface area contributed by atoms with Crippen LogP contribution in [0.25, 0.3) is 0 Å². The molecule has 0 aliphatic heterocycles. The lowest BCUT2D eigenvalue weighted by Crippen LogP contribution is -2.07. The Morgan fingerprint density at radius 2 is 1.75 bits per heavy atom. The molecule has 28 heavy (non-hydrogen) atoms. The lowest BCUT2D eigenvalue weighted by molar-refractivity contribution is -0.385.